The lowest BCUT2D eigenvalue weighted by Crippen LogP contribution is -2.20. The number of hydrogen-bond donors (Lipinski definition) is 0. The molecule has 0 spiro atoms. The van der Waals surface area contributed by atoms with Gasteiger partial charge in [0.15, 0.2) is 5.65 Å². The summed E-state index contributed by atoms with van der Waals surface area (Å²) in [5, 5.41) is 4.50. The van der Waals surface area contributed by atoms with Crippen molar-refractivity contribution >= 4 is 11.2 Å². The van der Waals surface area contributed by atoms with Crippen LogP contribution in [-0.4, -0.2) is 36.3 Å². The normalized spacial score (nSPS) is 23.5. The van der Waals surface area contributed by atoms with Crippen LogP contribution in [0.4, 0.5) is 0 Å². The molecular weight excluding hydrogens is 328 g/mol. The monoisotopic (exact) mass is 350 g/mol. The third kappa shape index (κ3) is 2.86. The van der Waals surface area contributed by atoms with Crippen molar-refractivity contribution in [3.8, 4) is 0 Å². The third-order valence-electron chi connectivity index (χ3n) is 5.42. The number of aromatic nitrogens is 6. The van der Waals surface area contributed by atoms with Crippen LogP contribution in [0.1, 0.15) is 66.5 Å². The molecule has 1 saturated carbocycles. The van der Waals surface area contributed by atoms with Crippen molar-refractivity contribution < 1.29 is 4.74 Å². The van der Waals surface area contributed by atoms with Gasteiger partial charge in [-0.05, 0) is 39.5 Å². The average molecular weight is 350 g/mol. The van der Waals surface area contributed by atoms with Crippen molar-refractivity contribution in [2.75, 3.05) is 6.61 Å². The molecular formula is C19H22N6O. The van der Waals surface area contributed by atoms with Gasteiger partial charge in [0, 0.05) is 24.3 Å². The molecule has 0 unspecified atom stereocenters. The van der Waals surface area contributed by atoms with Crippen molar-refractivity contribution in [1.29, 1.82) is 0 Å². The van der Waals surface area contributed by atoms with Gasteiger partial charge in [-0.3, -0.25) is 4.68 Å². The Bertz CT molecular complexity index is 964. The summed E-state index contributed by atoms with van der Waals surface area (Å²) >= 11 is 0. The zero-order valence-electron chi connectivity index (χ0n) is 15.1. The van der Waals surface area contributed by atoms with Gasteiger partial charge in [-0.1, -0.05) is 0 Å². The van der Waals surface area contributed by atoms with Gasteiger partial charge in [0.2, 0.25) is 0 Å². The Balaban J connectivity index is 1.40. The Morgan fingerprint density at radius 1 is 1.04 bits per heavy atom. The Kier molecular flexibility index (Phi) is 3.70. The van der Waals surface area contributed by atoms with Crippen LogP contribution < -0.4 is 0 Å². The van der Waals surface area contributed by atoms with E-state index < -0.39 is 0 Å². The van der Waals surface area contributed by atoms with Gasteiger partial charge in [0.25, 0.3) is 0 Å². The standard InChI is InChI=1S/C19H22N6O/c1-11-12(2)23-19-16(22-11)9-20-18(24-19)13-5-6-26-17(7-13)14-8-21-25(10-14)15-3-4-15/h8-10,13,15,17H,3-7H2,1-2H3/t13-,17-/m0/s1. The summed E-state index contributed by atoms with van der Waals surface area (Å²) in [6.07, 6.45) is 10.2. The molecule has 0 amide bonds. The van der Waals surface area contributed by atoms with Crippen LogP contribution >= 0.6 is 0 Å². The van der Waals surface area contributed by atoms with Crippen molar-refractivity contribution in [2.45, 2.75) is 57.6 Å². The minimum Gasteiger partial charge on any atom is -0.373 e. The van der Waals surface area contributed by atoms with Crippen molar-refractivity contribution in [2.24, 2.45) is 0 Å². The molecule has 4 heterocycles. The molecule has 26 heavy (non-hydrogen) atoms. The van der Waals surface area contributed by atoms with E-state index >= 15 is 0 Å². The van der Waals surface area contributed by atoms with Crippen molar-refractivity contribution in [1.82, 2.24) is 29.7 Å². The largest absolute Gasteiger partial charge is 0.373 e. The van der Waals surface area contributed by atoms with E-state index in [1.165, 1.54) is 12.8 Å². The fourth-order valence-electron chi connectivity index (χ4n) is 3.56. The van der Waals surface area contributed by atoms with E-state index in [4.69, 9.17) is 9.72 Å². The van der Waals surface area contributed by atoms with E-state index in [9.17, 15) is 0 Å². The lowest BCUT2D eigenvalue weighted by Gasteiger charge is -2.28. The van der Waals surface area contributed by atoms with Crippen molar-refractivity contribution in [3.05, 3.63) is 41.4 Å². The van der Waals surface area contributed by atoms with Gasteiger partial charge < -0.3 is 4.74 Å². The minimum atomic E-state index is 0.0615. The number of ether oxygens (including phenoxy) is 1. The van der Waals surface area contributed by atoms with Crippen LogP contribution in [0.3, 0.4) is 0 Å². The van der Waals surface area contributed by atoms with Crippen LogP contribution in [0.15, 0.2) is 18.6 Å². The molecule has 7 heteroatoms. The number of fused-ring (bicyclic) bond motifs is 1. The van der Waals surface area contributed by atoms with E-state index in [0.29, 0.717) is 18.3 Å². The maximum Gasteiger partial charge on any atom is 0.181 e. The summed E-state index contributed by atoms with van der Waals surface area (Å²) < 4.78 is 8.09. The average Bonchev–Trinajstić information content (AvgIpc) is 3.39. The quantitative estimate of drug-likeness (QED) is 0.722. The van der Waals surface area contributed by atoms with Gasteiger partial charge in [0.1, 0.15) is 11.3 Å². The first-order valence-electron chi connectivity index (χ1n) is 9.31. The number of aryl methyl sites for hydroxylation is 2. The summed E-state index contributed by atoms with van der Waals surface area (Å²) in [6, 6.07) is 0.595. The van der Waals surface area contributed by atoms with Crippen molar-refractivity contribution in [3.63, 3.8) is 0 Å². The molecule has 5 rings (SSSR count). The molecule has 7 nitrogen and oxygen atoms in total. The molecule has 3 aromatic heterocycles. The first-order chi connectivity index (χ1) is 12.7. The lowest BCUT2D eigenvalue weighted by atomic mass is 9.92. The maximum atomic E-state index is 6.01. The lowest BCUT2D eigenvalue weighted by molar-refractivity contribution is 0.00395. The molecule has 3 aromatic rings. The Hall–Kier alpha value is -2.41. The highest BCUT2D eigenvalue weighted by Crippen LogP contribution is 2.38. The van der Waals surface area contributed by atoms with Gasteiger partial charge in [-0.15, -0.1) is 0 Å². The zero-order chi connectivity index (χ0) is 17.7. The third-order valence-corrected chi connectivity index (χ3v) is 5.42. The van der Waals surface area contributed by atoms with Crippen LogP contribution in [-0.2, 0) is 4.74 Å². The minimum absolute atomic E-state index is 0.0615. The Morgan fingerprint density at radius 3 is 2.73 bits per heavy atom. The molecule has 0 aromatic carbocycles. The molecule has 134 valence electrons. The summed E-state index contributed by atoms with van der Waals surface area (Å²) in [6.45, 7) is 4.63. The van der Waals surface area contributed by atoms with Gasteiger partial charge in [-0.2, -0.15) is 5.10 Å². The second-order valence-electron chi connectivity index (χ2n) is 7.40. The van der Waals surface area contributed by atoms with E-state index in [1.807, 2.05) is 20.0 Å². The Labute approximate surface area is 151 Å². The summed E-state index contributed by atoms with van der Waals surface area (Å²) in [4.78, 5) is 18.4. The first kappa shape index (κ1) is 15.8. The van der Waals surface area contributed by atoms with Gasteiger partial charge in [0.05, 0.1) is 35.9 Å². The first-order valence-corrected chi connectivity index (χ1v) is 9.31. The second-order valence-corrected chi connectivity index (χ2v) is 7.40. The van der Waals surface area contributed by atoms with E-state index in [2.05, 4.69) is 30.9 Å². The Morgan fingerprint density at radius 2 is 1.88 bits per heavy atom. The summed E-state index contributed by atoms with van der Waals surface area (Å²) in [7, 11) is 0. The molecule has 2 fully saturated rings. The summed E-state index contributed by atoms with van der Waals surface area (Å²) in [5.74, 6) is 1.11. The van der Waals surface area contributed by atoms with E-state index in [0.717, 1.165) is 41.1 Å². The second kappa shape index (κ2) is 6.09. The molecule has 2 aliphatic rings. The fourth-order valence-corrected chi connectivity index (χ4v) is 3.56. The fraction of sp³-hybridized carbons (Fsp3) is 0.526. The SMILES string of the molecule is Cc1nc2cnc([C@H]3CCO[C@H](c4cnn(C5CC5)c4)C3)nc2nc1C. The molecule has 0 radical (unpaired) electrons. The smallest absolute Gasteiger partial charge is 0.181 e. The topological polar surface area (TPSA) is 78.6 Å². The number of hydrogen-bond acceptors (Lipinski definition) is 6. The molecule has 2 atom stereocenters. The highest BCUT2D eigenvalue weighted by Gasteiger charge is 2.30. The summed E-state index contributed by atoms with van der Waals surface area (Å²) in [5.41, 5.74) is 4.44. The molecule has 1 aliphatic carbocycles. The molecule has 1 aliphatic heterocycles. The number of nitrogens with zero attached hydrogens (tertiary/aromatic N) is 6. The predicted molar refractivity (Wildman–Crippen MR) is 95.8 cm³/mol. The van der Waals surface area contributed by atoms with Crippen LogP contribution in [0.25, 0.3) is 11.2 Å². The maximum absolute atomic E-state index is 6.01. The van der Waals surface area contributed by atoms with Gasteiger partial charge in [-0.25, -0.2) is 19.9 Å². The van der Waals surface area contributed by atoms with E-state index in [1.54, 1.807) is 6.20 Å². The highest BCUT2D eigenvalue weighted by molar-refractivity contribution is 5.68. The highest BCUT2D eigenvalue weighted by atomic mass is 16.5. The van der Waals surface area contributed by atoms with Crippen LogP contribution in [0.5, 0.6) is 0 Å². The zero-order valence-corrected chi connectivity index (χ0v) is 15.1. The van der Waals surface area contributed by atoms with Gasteiger partial charge >= 0.3 is 0 Å². The molecule has 0 N–H and O–H groups in total. The van der Waals surface area contributed by atoms with Crippen LogP contribution in [0.2, 0.25) is 0 Å². The van der Waals surface area contributed by atoms with Crippen LogP contribution in [0, 0.1) is 13.8 Å². The van der Waals surface area contributed by atoms with E-state index in [-0.39, 0.29) is 12.0 Å². The number of rotatable bonds is 3. The predicted octanol–water partition coefficient (Wildman–Crippen LogP) is 3.20. The molecule has 1 saturated heterocycles. The molecule has 0 bridgehead atoms.